The highest BCUT2D eigenvalue weighted by Crippen LogP contribution is 2.17. The Kier molecular flexibility index (Phi) is 6.25. The third kappa shape index (κ3) is 5.89. The van der Waals surface area contributed by atoms with Gasteiger partial charge in [0.25, 0.3) is 0 Å². The van der Waals surface area contributed by atoms with E-state index in [2.05, 4.69) is 5.32 Å². The smallest absolute Gasteiger partial charge is 0.303 e. The summed E-state index contributed by atoms with van der Waals surface area (Å²) in [5.41, 5.74) is 1.82. The number of carbonyl (C=O) groups is 2. The fourth-order valence-electron chi connectivity index (χ4n) is 1.59. The van der Waals surface area contributed by atoms with Crippen LogP contribution >= 0.6 is 11.6 Å². The normalized spacial score (nSPS) is 12.3. The lowest BCUT2D eigenvalue weighted by Crippen LogP contribution is -2.31. The third-order valence-electron chi connectivity index (χ3n) is 2.80. The van der Waals surface area contributed by atoms with Gasteiger partial charge < -0.3 is 10.4 Å². The highest BCUT2D eigenvalue weighted by Gasteiger charge is 2.07. The molecular weight excluding hydrogens is 278 g/mol. The van der Waals surface area contributed by atoms with Crippen molar-refractivity contribution in [3.05, 3.63) is 40.4 Å². The van der Waals surface area contributed by atoms with Crippen LogP contribution in [0.25, 0.3) is 6.08 Å². The molecule has 0 spiro atoms. The second kappa shape index (κ2) is 7.70. The predicted octanol–water partition coefficient (Wildman–Crippen LogP) is 3.03. The molecule has 0 radical (unpaired) electrons. The lowest BCUT2D eigenvalue weighted by Gasteiger charge is -2.10. The minimum atomic E-state index is -0.865. The molecule has 5 heteroatoms. The van der Waals surface area contributed by atoms with Crippen molar-refractivity contribution < 1.29 is 14.7 Å². The van der Waals surface area contributed by atoms with Gasteiger partial charge in [0.2, 0.25) is 5.91 Å². The van der Waals surface area contributed by atoms with Gasteiger partial charge in [-0.25, -0.2) is 0 Å². The highest BCUT2D eigenvalue weighted by molar-refractivity contribution is 6.31. The van der Waals surface area contributed by atoms with Gasteiger partial charge in [-0.1, -0.05) is 23.7 Å². The van der Waals surface area contributed by atoms with Crippen LogP contribution in [-0.4, -0.2) is 23.0 Å². The summed E-state index contributed by atoms with van der Waals surface area (Å²) in [6.45, 7) is 3.68. The predicted molar refractivity (Wildman–Crippen MR) is 79.7 cm³/mol. The molecule has 1 aromatic carbocycles. The van der Waals surface area contributed by atoms with Gasteiger partial charge in [-0.2, -0.15) is 0 Å². The molecule has 1 rings (SSSR count). The molecule has 1 aromatic rings. The van der Waals surface area contributed by atoms with Crippen molar-refractivity contribution in [2.24, 2.45) is 0 Å². The maximum absolute atomic E-state index is 11.6. The second-order valence-electron chi connectivity index (χ2n) is 4.68. The Hall–Kier alpha value is -1.81. The van der Waals surface area contributed by atoms with Gasteiger partial charge in [-0.05, 0) is 43.5 Å². The summed E-state index contributed by atoms with van der Waals surface area (Å²) in [5, 5.41) is 11.9. The Bertz CT molecular complexity index is 526. The number of carboxylic acid groups (broad SMARTS) is 1. The molecule has 0 bridgehead atoms. The van der Waals surface area contributed by atoms with Gasteiger partial charge in [0.15, 0.2) is 0 Å². The molecule has 4 nitrogen and oxygen atoms in total. The molecule has 0 aromatic heterocycles. The average Bonchev–Trinajstić information content (AvgIpc) is 2.38. The molecule has 1 unspecified atom stereocenters. The van der Waals surface area contributed by atoms with Crippen LogP contribution in [-0.2, 0) is 9.59 Å². The maximum Gasteiger partial charge on any atom is 0.303 e. The molecule has 0 heterocycles. The summed E-state index contributed by atoms with van der Waals surface area (Å²) in [6.07, 6.45) is 3.53. The number of rotatable bonds is 6. The van der Waals surface area contributed by atoms with Gasteiger partial charge in [-0.3, -0.25) is 9.59 Å². The lowest BCUT2D eigenvalue weighted by molar-refractivity contribution is -0.137. The minimum absolute atomic E-state index is 0.0404. The summed E-state index contributed by atoms with van der Waals surface area (Å²) < 4.78 is 0. The Balaban J connectivity index is 2.50. The lowest BCUT2D eigenvalue weighted by atomic mass is 10.1. The Morgan fingerprint density at radius 3 is 2.75 bits per heavy atom. The van der Waals surface area contributed by atoms with Gasteiger partial charge >= 0.3 is 5.97 Å². The minimum Gasteiger partial charge on any atom is -0.481 e. The SMILES string of the molecule is Cc1ccc(C=CC(=O)NC(C)CCC(=O)O)cc1Cl. The van der Waals surface area contributed by atoms with Gasteiger partial charge in [0.1, 0.15) is 0 Å². The number of amides is 1. The van der Waals surface area contributed by atoms with E-state index in [0.29, 0.717) is 11.4 Å². The zero-order valence-electron chi connectivity index (χ0n) is 11.5. The molecule has 0 aliphatic carbocycles. The first-order chi connectivity index (χ1) is 9.38. The number of hydrogen-bond acceptors (Lipinski definition) is 2. The highest BCUT2D eigenvalue weighted by atomic mass is 35.5. The fraction of sp³-hybridized carbons (Fsp3) is 0.333. The summed E-state index contributed by atoms with van der Waals surface area (Å²) in [5.74, 6) is -1.12. The van der Waals surface area contributed by atoms with E-state index in [-0.39, 0.29) is 18.4 Å². The van der Waals surface area contributed by atoms with E-state index in [1.165, 1.54) is 6.08 Å². The van der Waals surface area contributed by atoms with E-state index in [1.54, 1.807) is 19.1 Å². The fourth-order valence-corrected chi connectivity index (χ4v) is 1.78. The number of aryl methyl sites for hydroxylation is 1. The van der Waals surface area contributed by atoms with E-state index in [4.69, 9.17) is 16.7 Å². The first-order valence-electron chi connectivity index (χ1n) is 6.35. The summed E-state index contributed by atoms with van der Waals surface area (Å²) >= 11 is 5.99. The van der Waals surface area contributed by atoms with Gasteiger partial charge in [0, 0.05) is 23.6 Å². The van der Waals surface area contributed by atoms with E-state index in [9.17, 15) is 9.59 Å². The van der Waals surface area contributed by atoms with Crippen LogP contribution in [0.1, 0.15) is 30.9 Å². The van der Waals surface area contributed by atoms with Crippen molar-refractivity contribution in [3.8, 4) is 0 Å². The van der Waals surface area contributed by atoms with Gasteiger partial charge in [-0.15, -0.1) is 0 Å². The van der Waals surface area contributed by atoms with Crippen molar-refractivity contribution in [2.75, 3.05) is 0 Å². The van der Waals surface area contributed by atoms with Crippen LogP contribution in [0.3, 0.4) is 0 Å². The van der Waals surface area contributed by atoms with Crippen molar-refractivity contribution >= 4 is 29.6 Å². The second-order valence-corrected chi connectivity index (χ2v) is 5.09. The van der Waals surface area contributed by atoms with Crippen molar-refractivity contribution in [2.45, 2.75) is 32.7 Å². The van der Waals surface area contributed by atoms with E-state index in [0.717, 1.165) is 11.1 Å². The quantitative estimate of drug-likeness (QED) is 0.793. The molecule has 0 aliphatic rings. The molecule has 0 fully saturated rings. The number of carbonyl (C=O) groups excluding carboxylic acids is 1. The molecule has 0 saturated carbocycles. The Morgan fingerprint density at radius 1 is 1.45 bits per heavy atom. The van der Waals surface area contributed by atoms with Crippen molar-refractivity contribution in [1.82, 2.24) is 5.32 Å². The van der Waals surface area contributed by atoms with Crippen LogP contribution in [0.5, 0.6) is 0 Å². The van der Waals surface area contributed by atoms with E-state index < -0.39 is 5.97 Å². The van der Waals surface area contributed by atoms with Crippen LogP contribution < -0.4 is 5.32 Å². The molecule has 0 aliphatic heterocycles. The summed E-state index contributed by atoms with van der Waals surface area (Å²) in [7, 11) is 0. The van der Waals surface area contributed by atoms with Crippen molar-refractivity contribution in [1.29, 1.82) is 0 Å². The molecule has 20 heavy (non-hydrogen) atoms. The zero-order chi connectivity index (χ0) is 15.1. The largest absolute Gasteiger partial charge is 0.481 e. The van der Waals surface area contributed by atoms with Gasteiger partial charge in [0.05, 0.1) is 0 Å². The number of nitrogens with one attached hydrogen (secondary N) is 1. The first-order valence-corrected chi connectivity index (χ1v) is 6.73. The topological polar surface area (TPSA) is 66.4 Å². The molecule has 1 atom stereocenters. The Morgan fingerprint density at radius 2 is 2.15 bits per heavy atom. The molecule has 108 valence electrons. The number of aliphatic carboxylic acids is 1. The molecule has 1 amide bonds. The van der Waals surface area contributed by atoms with Crippen LogP contribution in [0.4, 0.5) is 0 Å². The molecule has 2 N–H and O–H groups in total. The number of carboxylic acids is 1. The maximum atomic E-state index is 11.6. The zero-order valence-corrected chi connectivity index (χ0v) is 12.3. The third-order valence-corrected chi connectivity index (χ3v) is 3.21. The van der Waals surface area contributed by atoms with Crippen LogP contribution in [0, 0.1) is 6.92 Å². The molecular formula is C15H18ClNO3. The van der Waals surface area contributed by atoms with E-state index >= 15 is 0 Å². The monoisotopic (exact) mass is 295 g/mol. The number of benzene rings is 1. The number of hydrogen-bond donors (Lipinski definition) is 2. The van der Waals surface area contributed by atoms with Crippen LogP contribution in [0.2, 0.25) is 5.02 Å². The average molecular weight is 296 g/mol. The number of halogens is 1. The molecule has 0 saturated heterocycles. The first kappa shape index (κ1) is 16.2. The summed E-state index contributed by atoms with van der Waals surface area (Å²) in [4.78, 5) is 22.1. The Labute approximate surface area is 123 Å². The standard InChI is InChI=1S/C15H18ClNO3/c1-10-3-5-12(9-13(10)16)6-7-14(18)17-11(2)4-8-15(19)20/h3,5-7,9,11H,4,8H2,1-2H3,(H,17,18)(H,19,20). The van der Waals surface area contributed by atoms with E-state index in [1.807, 2.05) is 19.1 Å². The summed E-state index contributed by atoms with van der Waals surface area (Å²) in [6, 6.07) is 5.37. The van der Waals surface area contributed by atoms with Crippen molar-refractivity contribution in [3.63, 3.8) is 0 Å². The van der Waals surface area contributed by atoms with Crippen LogP contribution in [0.15, 0.2) is 24.3 Å².